The molecule has 1 fully saturated rings. The van der Waals surface area contributed by atoms with Crippen molar-refractivity contribution < 1.29 is 9.53 Å². The summed E-state index contributed by atoms with van der Waals surface area (Å²) in [4.78, 5) is 14.1. The number of hydrogen-bond donors (Lipinski definition) is 1. The summed E-state index contributed by atoms with van der Waals surface area (Å²) in [6, 6.07) is 5.34. The Morgan fingerprint density at radius 2 is 2.18 bits per heavy atom. The van der Waals surface area contributed by atoms with Crippen molar-refractivity contribution in [3.63, 3.8) is 0 Å². The van der Waals surface area contributed by atoms with Gasteiger partial charge in [-0.1, -0.05) is 15.9 Å². The van der Waals surface area contributed by atoms with Crippen LogP contribution in [0.2, 0.25) is 0 Å². The molecule has 0 saturated carbocycles. The average molecular weight is 299 g/mol. The van der Waals surface area contributed by atoms with Gasteiger partial charge in [-0.15, -0.1) is 0 Å². The third-order valence-electron chi connectivity index (χ3n) is 2.76. The van der Waals surface area contributed by atoms with Gasteiger partial charge in [0.1, 0.15) is 0 Å². The molecule has 1 aliphatic rings. The molecule has 1 saturated heterocycles. The van der Waals surface area contributed by atoms with E-state index in [9.17, 15) is 4.79 Å². The first-order valence-corrected chi connectivity index (χ1v) is 6.40. The summed E-state index contributed by atoms with van der Waals surface area (Å²) in [5.41, 5.74) is 6.91. The van der Waals surface area contributed by atoms with Crippen LogP contribution < -0.4 is 5.73 Å². The first kappa shape index (κ1) is 12.4. The Morgan fingerprint density at radius 3 is 3.00 bits per heavy atom. The van der Waals surface area contributed by atoms with Crippen molar-refractivity contribution in [3.8, 4) is 0 Å². The molecule has 5 heteroatoms. The summed E-state index contributed by atoms with van der Waals surface area (Å²) in [7, 11) is 0. The largest absolute Gasteiger partial charge is 0.398 e. The minimum absolute atomic E-state index is 0.0192. The maximum atomic E-state index is 12.3. The van der Waals surface area contributed by atoms with Crippen molar-refractivity contribution in [2.45, 2.75) is 6.42 Å². The van der Waals surface area contributed by atoms with Gasteiger partial charge in [0, 0.05) is 29.9 Å². The van der Waals surface area contributed by atoms with E-state index in [0.29, 0.717) is 24.4 Å². The van der Waals surface area contributed by atoms with Gasteiger partial charge in [0.05, 0.1) is 12.2 Å². The lowest BCUT2D eigenvalue weighted by Gasteiger charge is -2.20. The van der Waals surface area contributed by atoms with Crippen molar-refractivity contribution in [2.75, 3.05) is 32.0 Å². The molecule has 2 rings (SSSR count). The predicted octanol–water partition coefficient (Wildman–Crippen LogP) is 1.89. The van der Waals surface area contributed by atoms with Gasteiger partial charge in [0.25, 0.3) is 5.91 Å². The van der Waals surface area contributed by atoms with E-state index in [2.05, 4.69) is 15.9 Å². The molecule has 2 N–H and O–H groups in total. The highest BCUT2D eigenvalue weighted by Gasteiger charge is 2.19. The molecule has 0 radical (unpaired) electrons. The third-order valence-corrected chi connectivity index (χ3v) is 3.25. The highest BCUT2D eigenvalue weighted by Crippen LogP contribution is 2.20. The van der Waals surface area contributed by atoms with Crippen molar-refractivity contribution in [2.24, 2.45) is 0 Å². The fraction of sp³-hybridized carbons (Fsp3) is 0.417. The van der Waals surface area contributed by atoms with E-state index in [0.717, 1.165) is 24.0 Å². The van der Waals surface area contributed by atoms with E-state index in [1.807, 2.05) is 6.07 Å². The van der Waals surface area contributed by atoms with Gasteiger partial charge in [-0.2, -0.15) is 0 Å². The number of hydrogen-bond acceptors (Lipinski definition) is 3. The summed E-state index contributed by atoms with van der Waals surface area (Å²) in [5, 5.41) is 0. The van der Waals surface area contributed by atoms with E-state index in [1.165, 1.54) is 0 Å². The van der Waals surface area contributed by atoms with Gasteiger partial charge in [-0.25, -0.2) is 0 Å². The van der Waals surface area contributed by atoms with Crippen LogP contribution in [0.4, 0.5) is 5.69 Å². The quantitative estimate of drug-likeness (QED) is 0.806. The van der Waals surface area contributed by atoms with Gasteiger partial charge in [-0.05, 0) is 24.6 Å². The minimum Gasteiger partial charge on any atom is -0.398 e. The highest BCUT2D eigenvalue weighted by atomic mass is 79.9. The van der Waals surface area contributed by atoms with E-state index < -0.39 is 0 Å². The van der Waals surface area contributed by atoms with Crippen molar-refractivity contribution in [1.82, 2.24) is 4.90 Å². The second kappa shape index (κ2) is 5.51. The van der Waals surface area contributed by atoms with Gasteiger partial charge in [-0.3, -0.25) is 4.79 Å². The van der Waals surface area contributed by atoms with Gasteiger partial charge >= 0.3 is 0 Å². The molecule has 1 aromatic rings. The molecule has 92 valence electrons. The first-order chi connectivity index (χ1) is 8.18. The predicted molar refractivity (Wildman–Crippen MR) is 69.9 cm³/mol. The zero-order valence-corrected chi connectivity index (χ0v) is 11.1. The minimum atomic E-state index is -0.0192. The molecule has 0 unspecified atom stereocenters. The Hall–Kier alpha value is -1.07. The number of carbonyl (C=O) groups is 1. The van der Waals surface area contributed by atoms with Crippen LogP contribution in [-0.2, 0) is 4.74 Å². The van der Waals surface area contributed by atoms with Crippen LogP contribution in [0.5, 0.6) is 0 Å². The second-order valence-corrected chi connectivity index (χ2v) is 4.91. The maximum absolute atomic E-state index is 12.3. The molecule has 0 bridgehead atoms. The number of nitrogen functional groups attached to an aromatic ring is 1. The highest BCUT2D eigenvalue weighted by molar-refractivity contribution is 9.10. The Morgan fingerprint density at radius 1 is 1.35 bits per heavy atom. The number of rotatable bonds is 1. The monoisotopic (exact) mass is 298 g/mol. The zero-order valence-electron chi connectivity index (χ0n) is 9.49. The van der Waals surface area contributed by atoms with E-state index >= 15 is 0 Å². The molecule has 1 amide bonds. The molecule has 1 heterocycles. The van der Waals surface area contributed by atoms with Crippen molar-refractivity contribution in [3.05, 3.63) is 28.2 Å². The molecular formula is C12H15BrN2O2. The molecule has 0 spiro atoms. The average Bonchev–Trinajstić information content (AvgIpc) is 2.60. The summed E-state index contributed by atoms with van der Waals surface area (Å²) >= 11 is 3.35. The van der Waals surface area contributed by atoms with Gasteiger partial charge in [0.15, 0.2) is 0 Å². The van der Waals surface area contributed by atoms with Crippen LogP contribution in [0.15, 0.2) is 22.7 Å². The molecule has 4 nitrogen and oxygen atoms in total. The first-order valence-electron chi connectivity index (χ1n) is 5.60. The Balaban J connectivity index is 2.20. The lowest BCUT2D eigenvalue weighted by Crippen LogP contribution is -2.33. The van der Waals surface area contributed by atoms with Crippen LogP contribution in [0.3, 0.4) is 0 Å². The zero-order chi connectivity index (χ0) is 12.3. The number of amides is 1. The smallest absolute Gasteiger partial charge is 0.256 e. The van der Waals surface area contributed by atoms with Gasteiger partial charge < -0.3 is 15.4 Å². The number of halogens is 1. The SMILES string of the molecule is Nc1ccc(Br)cc1C(=O)N1CCCOCC1. The number of ether oxygens (including phenoxy) is 1. The molecule has 17 heavy (non-hydrogen) atoms. The Labute approximate surface area is 109 Å². The number of benzene rings is 1. The molecule has 0 atom stereocenters. The molecule has 0 aliphatic carbocycles. The molecule has 0 aromatic heterocycles. The van der Waals surface area contributed by atoms with Crippen LogP contribution >= 0.6 is 15.9 Å². The van der Waals surface area contributed by atoms with Crippen molar-refractivity contribution in [1.29, 1.82) is 0 Å². The molecular weight excluding hydrogens is 284 g/mol. The van der Waals surface area contributed by atoms with E-state index in [1.54, 1.807) is 17.0 Å². The standard InChI is InChI=1S/C12H15BrN2O2/c13-9-2-3-11(14)10(8-9)12(16)15-4-1-6-17-7-5-15/h2-3,8H,1,4-7,14H2. The van der Waals surface area contributed by atoms with Crippen LogP contribution in [-0.4, -0.2) is 37.1 Å². The normalized spacial score (nSPS) is 16.6. The lowest BCUT2D eigenvalue weighted by atomic mass is 10.1. The number of nitrogens with two attached hydrogens (primary N) is 1. The summed E-state index contributed by atoms with van der Waals surface area (Å²) in [6.07, 6.45) is 0.875. The number of nitrogens with zero attached hydrogens (tertiary/aromatic N) is 1. The van der Waals surface area contributed by atoms with Crippen LogP contribution in [0, 0.1) is 0 Å². The third kappa shape index (κ3) is 2.98. The molecule has 1 aromatic carbocycles. The fourth-order valence-corrected chi connectivity index (χ4v) is 2.19. The number of anilines is 1. The second-order valence-electron chi connectivity index (χ2n) is 3.99. The van der Waals surface area contributed by atoms with Crippen LogP contribution in [0.25, 0.3) is 0 Å². The lowest BCUT2D eigenvalue weighted by molar-refractivity contribution is 0.0742. The Kier molecular flexibility index (Phi) is 4.02. The topological polar surface area (TPSA) is 55.6 Å². The van der Waals surface area contributed by atoms with Gasteiger partial charge in [0.2, 0.25) is 0 Å². The summed E-state index contributed by atoms with van der Waals surface area (Å²) in [6.45, 7) is 2.67. The van der Waals surface area contributed by atoms with Crippen LogP contribution in [0.1, 0.15) is 16.8 Å². The van der Waals surface area contributed by atoms with E-state index in [-0.39, 0.29) is 5.91 Å². The Bertz CT molecular complexity index is 415. The summed E-state index contributed by atoms with van der Waals surface area (Å²) < 4.78 is 6.19. The molecule has 1 aliphatic heterocycles. The summed E-state index contributed by atoms with van der Waals surface area (Å²) in [5.74, 6) is -0.0192. The van der Waals surface area contributed by atoms with E-state index in [4.69, 9.17) is 10.5 Å². The fourth-order valence-electron chi connectivity index (χ4n) is 1.83. The number of carbonyl (C=O) groups excluding carboxylic acids is 1. The maximum Gasteiger partial charge on any atom is 0.256 e. The van der Waals surface area contributed by atoms with Crippen molar-refractivity contribution >= 4 is 27.5 Å².